The van der Waals surface area contributed by atoms with Crippen molar-refractivity contribution in [3.05, 3.63) is 23.8 Å². The van der Waals surface area contributed by atoms with E-state index < -0.39 is 0 Å². The Kier molecular flexibility index (Phi) is 3.90. The van der Waals surface area contributed by atoms with Gasteiger partial charge < -0.3 is 9.78 Å². The van der Waals surface area contributed by atoms with Gasteiger partial charge in [0.05, 0.1) is 14.2 Å². The molecule has 0 aliphatic rings. The Morgan fingerprint density at radius 1 is 1.07 bits per heavy atom. The molecule has 0 unspecified atom stereocenters. The van der Waals surface area contributed by atoms with E-state index in [1.165, 1.54) is 20.3 Å². The maximum Gasteiger partial charge on any atom is 0.212 e. The molecule has 0 aromatic heterocycles. The van der Waals surface area contributed by atoms with E-state index in [-0.39, 0.29) is 5.75 Å². The Morgan fingerprint density at radius 3 is 2.29 bits per heavy atom. The van der Waals surface area contributed by atoms with Crippen LogP contribution in [-0.4, -0.2) is 20.5 Å². The summed E-state index contributed by atoms with van der Waals surface area (Å²) in [5.74, 6) is 0.610. The van der Waals surface area contributed by atoms with E-state index in [0.29, 0.717) is 17.6 Å². The third kappa shape index (κ3) is 2.45. The van der Waals surface area contributed by atoms with Crippen LogP contribution in [0.2, 0.25) is 0 Å². The number of aldehydes is 1. The highest BCUT2D eigenvalue weighted by Gasteiger charge is 2.07. The monoisotopic (exact) mass is 198 g/mol. The zero-order chi connectivity index (χ0) is 10.4. The third-order valence-corrected chi connectivity index (χ3v) is 1.45. The van der Waals surface area contributed by atoms with Crippen molar-refractivity contribution in [3.8, 4) is 11.5 Å². The SMILES string of the molecule is COOc1ccc(C=O)cc1OOC. The molecule has 14 heavy (non-hydrogen) atoms. The highest BCUT2D eigenvalue weighted by Crippen LogP contribution is 2.27. The molecule has 5 nitrogen and oxygen atoms in total. The van der Waals surface area contributed by atoms with E-state index in [4.69, 9.17) is 9.78 Å². The van der Waals surface area contributed by atoms with Gasteiger partial charge >= 0.3 is 0 Å². The molecule has 0 heterocycles. The van der Waals surface area contributed by atoms with Gasteiger partial charge in [0.2, 0.25) is 11.5 Å². The number of benzene rings is 1. The molecule has 5 heteroatoms. The largest absolute Gasteiger partial charge is 0.334 e. The Hall–Kier alpha value is -1.59. The fraction of sp³-hybridized carbons (Fsp3) is 0.222. The Bertz CT molecular complexity index is 310. The first-order valence-electron chi connectivity index (χ1n) is 3.82. The second-order valence-electron chi connectivity index (χ2n) is 2.32. The van der Waals surface area contributed by atoms with E-state index >= 15 is 0 Å². The quantitative estimate of drug-likeness (QED) is 0.406. The molecule has 0 saturated heterocycles. The Balaban J connectivity index is 2.96. The van der Waals surface area contributed by atoms with Gasteiger partial charge in [-0.15, -0.1) is 0 Å². The smallest absolute Gasteiger partial charge is 0.212 e. The summed E-state index contributed by atoms with van der Waals surface area (Å²) in [7, 11) is 2.72. The average molecular weight is 198 g/mol. The minimum Gasteiger partial charge on any atom is -0.334 e. The van der Waals surface area contributed by atoms with Gasteiger partial charge in [0.1, 0.15) is 6.29 Å². The van der Waals surface area contributed by atoms with Gasteiger partial charge in [0.15, 0.2) is 0 Å². The molecule has 0 atom stereocenters. The van der Waals surface area contributed by atoms with Gasteiger partial charge in [-0.3, -0.25) is 4.79 Å². The van der Waals surface area contributed by atoms with Crippen molar-refractivity contribution in [2.75, 3.05) is 14.2 Å². The van der Waals surface area contributed by atoms with Crippen molar-refractivity contribution in [3.63, 3.8) is 0 Å². The molecule has 0 fully saturated rings. The van der Waals surface area contributed by atoms with Crippen LogP contribution in [0.4, 0.5) is 0 Å². The summed E-state index contributed by atoms with van der Waals surface area (Å²) >= 11 is 0. The molecular formula is C9H10O5. The number of carbonyl (C=O) groups is 1. The summed E-state index contributed by atoms with van der Waals surface area (Å²) in [6, 6.07) is 4.59. The van der Waals surface area contributed by atoms with Crippen LogP contribution in [0, 0.1) is 0 Å². The number of rotatable bonds is 5. The molecule has 0 radical (unpaired) electrons. The van der Waals surface area contributed by atoms with Gasteiger partial charge in [-0.25, -0.2) is 0 Å². The Morgan fingerprint density at radius 2 is 1.71 bits per heavy atom. The van der Waals surface area contributed by atoms with Crippen LogP contribution in [-0.2, 0) is 9.78 Å². The van der Waals surface area contributed by atoms with Crippen LogP contribution < -0.4 is 9.78 Å². The molecule has 76 valence electrons. The van der Waals surface area contributed by atoms with Crippen molar-refractivity contribution in [2.45, 2.75) is 0 Å². The standard InChI is InChI=1S/C9H10O5/c1-11-13-8-4-3-7(6-10)5-9(8)14-12-2/h3-6H,1-2H3. The first kappa shape index (κ1) is 10.5. The molecule has 0 N–H and O–H groups in total. The first-order valence-corrected chi connectivity index (χ1v) is 3.82. The van der Waals surface area contributed by atoms with Crippen molar-refractivity contribution in [1.82, 2.24) is 0 Å². The van der Waals surface area contributed by atoms with Gasteiger partial charge in [-0.1, -0.05) is 0 Å². The molecule has 1 aromatic rings. The normalized spacial score (nSPS) is 9.57. The van der Waals surface area contributed by atoms with Crippen LogP contribution in [0.5, 0.6) is 11.5 Å². The fourth-order valence-electron chi connectivity index (χ4n) is 0.911. The average Bonchev–Trinajstić information content (AvgIpc) is 2.21. The minimum atomic E-state index is 0.277. The second-order valence-corrected chi connectivity index (χ2v) is 2.32. The second kappa shape index (κ2) is 5.21. The molecular weight excluding hydrogens is 188 g/mol. The highest BCUT2D eigenvalue weighted by molar-refractivity contribution is 5.76. The molecule has 0 saturated carbocycles. The predicted octanol–water partition coefficient (Wildman–Crippen LogP) is 1.38. The van der Waals surface area contributed by atoms with Crippen LogP contribution in [0.25, 0.3) is 0 Å². The fourth-order valence-corrected chi connectivity index (χ4v) is 0.911. The molecule has 1 aromatic carbocycles. The first-order chi connectivity index (χ1) is 6.81. The summed E-state index contributed by atoms with van der Waals surface area (Å²) in [5, 5.41) is 0. The molecule has 0 amide bonds. The lowest BCUT2D eigenvalue weighted by Crippen LogP contribution is -1.98. The van der Waals surface area contributed by atoms with E-state index in [9.17, 15) is 4.79 Å². The number of carbonyl (C=O) groups excluding carboxylic acids is 1. The highest BCUT2D eigenvalue weighted by atomic mass is 17.2. The lowest BCUT2D eigenvalue weighted by molar-refractivity contribution is -0.201. The van der Waals surface area contributed by atoms with Crippen molar-refractivity contribution >= 4 is 6.29 Å². The zero-order valence-corrected chi connectivity index (χ0v) is 7.85. The molecule has 0 aliphatic heterocycles. The lowest BCUT2D eigenvalue weighted by Gasteiger charge is -2.07. The van der Waals surface area contributed by atoms with Gasteiger partial charge in [-0.2, -0.15) is 9.78 Å². The number of hydrogen-bond donors (Lipinski definition) is 0. The topological polar surface area (TPSA) is 54.0 Å². The van der Waals surface area contributed by atoms with Gasteiger partial charge in [0, 0.05) is 5.56 Å². The zero-order valence-electron chi connectivity index (χ0n) is 7.85. The van der Waals surface area contributed by atoms with Crippen LogP contribution >= 0.6 is 0 Å². The maximum absolute atomic E-state index is 10.5. The van der Waals surface area contributed by atoms with E-state index in [1.54, 1.807) is 12.1 Å². The molecule has 0 spiro atoms. The summed E-state index contributed by atoms with van der Waals surface area (Å²) in [5.41, 5.74) is 0.459. The summed E-state index contributed by atoms with van der Waals surface area (Å²) < 4.78 is 0. The van der Waals surface area contributed by atoms with Gasteiger partial charge in [0.25, 0.3) is 0 Å². The lowest BCUT2D eigenvalue weighted by atomic mass is 10.2. The predicted molar refractivity (Wildman–Crippen MR) is 47.1 cm³/mol. The van der Waals surface area contributed by atoms with Crippen molar-refractivity contribution < 1.29 is 24.3 Å². The Labute approximate surface area is 81.0 Å². The minimum absolute atomic E-state index is 0.277. The summed E-state index contributed by atoms with van der Waals surface area (Å²) in [4.78, 5) is 28.9. The van der Waals surface area contributed by atoms with Crippen LogP contribution in [0.1, 0.15) is 10.4 Å². The van der Waals surface area contributed by atoms with Gasteiger partial charge in [-0.05, 0) is 18.2 Å². The van der Waals surface area contributed by atoms with E-state index in [1.807, 2.05) is 0 Å². The van der Waals surface area contributed by atoms with Crippen molar-refractivity contribution in [2.24, 2.45) is 0 Å². The van der Waals surface area contributed by atoms with Crippen LogP contribution in [0.3, 0.4) is 0 Å². The third-order valence-electron chi connectivity index (χ3n) is 1.45. The summed E-state index contributed by atoms with van der Waals surface area (Å²) in [6.45, 7) is 0. The van der Waals surface area contributed by atoms with E-state index in [0.717, 1.165) is 0 Å². The van der Waals surface area contributed by atoms with E-state index in [2.05, 4.69) is 9.78 Å². The maximum atomic E-state index is 10.5. The number of hydrogen-bond acceptors (Lipinski definition) is 5. The van der Waals surface area contributed by atoms with Crippen molar-refractivity contribution in [1.29, 1.82) is 0 Å². The molecule has 1 rings (SSSR count). The van der Waals surface area contributed by atoms with Crippen LogP contribution in [0.15, 0.2) is 18.2 Å². The summed E-state index contributed by atoms with van der Waals surface area (Å²) in [6.07, 6.45) is 0.694. The molecule has 0 bridgehead atoms. The molecule has 0 aliphatic carbocycles.